The van der Waals surface area contributed by atoms with Crippen molar-refractivity contribution >= 4 is 5.97 Å². The lowest BCUT2D eigenvalue weighted by Gasteiger charge is -2.61. The van der Waals surface area contributed by atoms with Gasteiger partial charge in [-0.25, -0.2) is 0 Å². The number of ether oxygens (including phenoxy) is 1. The van der Waals surface area contributed by atoms with Crippen molar-refractivity contribution in [3.05, 3.63) is 0 Å². The van der Waals surface area contributed by atoms with E-state index < -0.39 is 0 Å². The van der Waals surface area contributed by atoms with Crippen LogP contribution in [0.2, 0.25) is 0 Å². The van der Waals surface area contributed by atoms with Crippen LogP contribution in [0.5, 0.6) is 0 Å². The predicted octanol–water partition coefficient (Wildman–Crippen LogP) is 2.20. The summed E-state index contributed by atoms with van der Waals surface area (Å²) in [5, 5.41) is 0. The van der Waals surface area contributed by atoms with Gasteiger partial charge in [-0.05, 0) is 54.9 Å². The van der Waals surface area contributed by atoms with Gasteiger partial charge in [-0.15, -0.1) is 0 Å². The number of nitrogens with two attached hydrogens (primary N) is 1. The van der Waals surface area contributed by atoms with Crippen LogP contribution >= 0.6 is 0 Å². The Morgan fingerprint density at radius 3 is 2.65 bits per heavy atom. The van der Waals surface area contributed by atoms with E-state index in [2.05, 4.69) is 13.8 Å². The van der Waals surface area contributed by atoms with Crippen LogP contribution in [0.15, 0.2) is 0 Å². The van der Waals surface area contributed by atoms with Gasteiger partial charge in [-0.1, -0.05) is 13.8 Å². The van der Waals surface area contributed by atoms with Crippen LogP contribution in [0.1, 0.15) is 39.5 Å². The highest BCUT2D eigenvalue weighted by Gasteiger charge is 2.55. The summed E-state index contributed by atoms with van der Waals surface area (Å²) in [6.45, 7) is 5.37. The van der Waals surface area contributed by atoms with Gasteiger partial charge in [0.2, 0.25) is 0 Å². The van der Waals surface area contributed by atoms with Gasteiger partial charge in [-0.3, -0.25) is 4.79 Å². The second-order valence-electron chi connectivity index (χ2n) is 6.38. The van der Waals surface area contributed by atoms with Gasteiger partial charge >= 0.3 is 5.97 Å². The molecule has 0 amide bonds. The Hall–Kier alpha value is -0.570. The summed E-state index contributed by atoms with van der Waals surface area (Å²) < 4.78 is 4.78. The zero-order valence-electron chi connectivity index (χ0n) is 11.2. The lowest BCUT2D eigenvalue weighted by atomic mass is 9.44. The second kappa shape index (κ2) is 4.60. The van der Waals surface area contributed by atoms with E-state index >= 15 is 0 Å². The SMILES string of the molecule is COC(=O)CC(CN)C1CCC2CC1C2(C)C. The maximum atomic E-state index is 11.4. The molecule has 2 bridgehead atoms. The normalized spacial score (nSPS) is 35.9. The number of carbonyl (C=O) groups is 1. The molecule has 3 aliphatic carbocycles. The molecule has 0 aromatic heterocycles. The maximum Gasteiger partial charge on any atom is 0.305 e. The quantitative estimate of drug-likeness (QED) is 0.765. The Kier molecular flexibility index (Phi) is 3.48. The fourth-order valence-corrected chi connectivity index (χ4v) is 4.14. The molecule has 4 atom stereocenters. The number of carbonyl (C=O) groups excluding carboxylic acids is 1. The van der Waals surface area contributed by atoms with Gasteiger partial charge in [0.15, 0.2) is 0 Å². The van der Waals surface area contributed by atoms with Crippen LogP contribution in [0.4, 0.5) is 0 Å². The lowest BCUT2D eigenvalue weighted by Crippen LogP contribution is -2.54. The first-order valence-electron chi connectivity index (χ1n) is 6.77. The standard InChI is InChI=1S/C14H25NO2/c1-14(2)10-4-5-11(12(14)7-10)9(8-15)6-13(16)17-3/h9-12H,4-8,15H2,1-3H3. The van der Waals surface area contributed by atoms with Crippen LogP contribution in [-0.4, -0.2) is 19.6 Å². The molecule has 0 aliphatic heterocycles. The van der Waals surface area contributed by atoms with Gasteiger partial charge in [-0.2, -0.15) is 0 Å². The number of esters is 1. The Bertz CT molecular complexity index is 299. The van der Waals surface area contributed by atoms with Crippen LogP contribution in [0.25, 0.3) is 0 Å². The number of rotatable bonds is 4. The summed E-state index contributed by atoms with van der Waals surface area (Å²) in [5.74, 6) is 2.49. The van der Waals surface area contributed by atoms with Crippen molar-refractivity contribution in [3.8, 4) is 0 Å². The van der Waals surface area contributed by atoms with Crippen LogP contribution < -0.4 is 5.73 Å². The van der Waals surface area contributed by atoms with Crippen molar-refractivity contribution in [1.29, 1.82) is 0 Å². The molecule has 17 heavy (non-hydrogen) atoms. The van der Waals surface area contributed by atoms with E-state index in [-0.39, 0.29) is 5.97 Å². The molecule has 0 aromatic carbocycles. The second-order valence-corrected chi connectivity index (χ2v) is 6.38. The predicted molar refractivity (Wildman–Crippen MR) is 67.3 cm³/mol. The third-order valence-corrected chi connectivity index (χ3v) is 5.48. The Morgan fingerprint density at radius 1 is 1.47 bits per heavy atom. The Balaban J connectivity index is 2.02. The highest BCUT2D eigenvalue weighted by Crippen LogP contribution is 2.62. The van der Waals surface area contributed by atoms with E-state index in [0.29, 0.717) is 30.2 Å². The number of hydrogen-bond acceptors (Lipinski definition) is 3. The van der Waals surface area contributed by atoms with E-state index in [1.807, 2.05) is 0 Å². The minimum absolute atomic E-state index is 0.111. The van der Waals surface area contributed by atoms with Crippen molar-refractivity contribution in [3.63, 3.8) is 0 Å². The summed E-state index contributed by atoms with van der Waals surface area (Å²) in [6.07, 6.45) is 4.40. The van der Waals surface area contributed by atoms with E-state index in [1.165, 1.54) is 26.4 Å². The third-order valence-electron chi connectivity index (χ3n) is 5.48. The van der Waals surface area contributed by atoms with Crippen molar-refractivity contribution < 1.29 is 9.53 Å². The molecule has 3 saturated carbocycles. The average molecular weight is 239 g/mol. The minimum atomic E-state index is -0.111. The largest absolute Gasteiger partial charge is 0.469 e. The van der Waals surface area contributed by atoms with E-state index in [9.17, 15) is 4.79 Å². The summed E-state index contributed by atoms with van der Waals surface area (Å²) in [4.78, 5) is 11.4. The zero-order valence-corrected chi connectivity index (χ0v) is 11.2. The lowest BCUT2D eigenvalue weighted by molar-refractivity contribution is -0.147. The molecule has 3 nitrogen and oxygen atoms in total. The van der Waals surface area contributed by atoms with Crippen molar-refractivity contribution in [2.24, 2.45) is 34.8 Å². The summed E-state index contributed by atoms with van der Waals surface area (Å²) in [7, 11) is 1.46. The molecule has 0 spiro atoms. The van der Waals surface area contributed by atoms with E-state index in [4.69, 9.17) is 10.5 Å². The minimum Gasteiger partial charge on any atom is -0.469 e. The molecule has 0 radical (unpaired) electrons. The third kappa shape index (κ3) is 2.10. The number of methoxy groups -OCH3 is 1. The first kappa shape index (κ1) is 12.9. The highest BCUT2D eigenvalue weighted by atomic mass is 16.5. The fraction of sp³-hybridized carbons (Fsp3) is 0.929. The van der Waals surface area contributed by atoms with Crippen molar-refractivity contribution in [2.75, 3.05) is 13.7 Å². The number of fused-ring (bicyclic) bond motifs is 2. The molecule has 2 N–H and O–H groups in total. The van der Waals surface area contributed by atoms with Crippen molar-refractivity contribution in [2.45, 2.75) is 39.5 Å². The molecule has 3 aliphatic rings. The summed E-state index contributed by atoms with van der Waals surface area (Å²) >= 11 is 0. The topological polar surface area (TPSA) is 52.3 Å². The molecule has 3 heteroatoms. The van der Waals surface area contributed by atoms with Gasteiger partial charge in [0.1, 0.15) is 0 Å². The van der Waals surface area contributed by atoms with Gasteiger partial charge < -0.3 is 10.5 Å². The first-order valence-corrected chi connectivity index (χ1v) is 6.77. The zero-order chi connectivity index (χ0) is 12.6. The maximum absolute atomic E-state index is 11.4. The number of hydrogen-bond donors (Lipinski definition) is 1. The smallest absolute Gasteiger partial charge is 0.305 e. The first-order chi connectivity index (χ1) is 8.00. The molecule has 3 fully saturated rings. The summed E-state index contributed by atoms with van der Waals surface area (Å²) in [6, 6.07) is 0. The van der Waals surface area contributed by atoms with Crippen LogP contribution in [-0.2, 0) is 9.53 Å². The average Bonchev–Trinajstić information content (AvgIpc) is 2.35. The van der Waals surface area contributed by atoms with Gasteiger partial charge in [0.25, 0.3) is 0 Å². The summed E-state index contributed by atoms with van der Waals surface area (Å²) in [5.41, 5.74) is 6.33. The highest BCUT2D eigenvalue weighted by molar-refractivity contribution is 5.69. The van der Waals surface area contributed by atoms with Gasteiger partial charge in [0, 0.05) is 6.42 Å². The fourth-order valence-electron chi connectivity index (χ4n) is 4.14. The molecule has 4 unspecified atom stereocenters. The Labute approximate surface area is 104 Å². The molecule has 0 saturated heterocycles. The monoisotopic (exact) mass is 239 g/mol. The van der Waals surface area contributed by atoms with E-state index in [1.54, 1.807) is 0 Å². The van der Waals surface area contributed by atoms with Gasteiger partial charge in [0.05, 0.1) is 7.11 Å². The molecule has 3 rings (SSSR count). The Morgan fingerprint density at radius 2 is 2.18 bits per heavy atom. The van der Waals surface area contributed by atoms with E-state index in [0.717, 1.165) is 11.8 Å². The molecule has 98 valence electrons. The molecular weight excluding hydrogens is 214 g/mol. The van der Waals surface area contributed by atoms with Crippen LogP contribution in [0.3, 0.4) is 0 Å². The van der Waals surface area contributed by atoms with Crippen molar-refractivity contribution in [1.82, 2.24) is 0 Å². The molecular formula is C14H25NO2. The van der Waals surface area contributed by atoms with Crippen LogP contribution in [0, 0.1) is 29.1 Å². The molecule has 0 aromatic rings. The molecule has 0 heterocycles.